The highest BCUT2D eigenvalue weighted by atomic mass is 32.2. The third-order valence-corrected chi connectivity index (χ3v) is 7.63. The molecule has 0 aliphatic rings. The number of aromatic nitrogens is 1. The van der Waals surface area contributed by atoms with Gasteiger partial charge in [0.1, 0.15) is 5.82 Å². The van der Waals surface area contributed by atoms with E-state index in [1.54, 1.807) is 6.07 Å². The molecule has 1 heterocycles. The molecule has 0 N–H and O–H groups in total. The van der Waals surface area contributed by atoms with Gasteiger partial charge in [-0.25, -0.2) is 30.6 Å². The van der Waals surface area contributed by atoms with Crippen molar-refractivity contribution in [2.24, 2.45) is 0 Å². The van der Waals surface area contributed by atoms with Gasteiger partial charge in [0, 0.05) is 17.4 Å². The first-order chi connectivity index (χ1) is 12.6. The Morgan fingerprint density at radius 1 is 1.00 bits per heavy atom. The molecule has 3 rings (SSSR count). The minimum atomic E-state index is -4.26. The summed E-state index contributed by atoms with van der Waals surface area (Å²) in [6, 6.07) is 9.54. The van der Waals surface area contributed by atoms with Crippen LogP contribution in [0.5, 0.6) is 0 Å². The van der Waals surface area contributed by atoms with Crippen molar-refractivity contribution in [3.63, 3.8) is 0 Å². The molecule has 27 heavy (non-hydrogen) atoms. The first-order valence-electron chi connectivity index (χ1n) is 7.48. The lowest BCUT2D eigenvalue weighted by molar-refractivity contribution is 0.534. The molecular weight excluding hydrogens is 416 g/mol. The van der Waals surface area contributed by atoms with Gasteiger partial charge in [0.15, 0.2) is 15.8 Å². The second-order valence-corrected chi connectivity index (χ2v) is 10.7. The van der Waals surface area contributed by atoms with Gasteiger partial charge in [-0.05, 0) is 30.3 Å². The predicted octanol–water partition coefficient (Wildman–Crippen LogP) is 3.72. The third-order valence-electron chi connectivity index (χ3n) is 3.67. The van der Waals surface area contributed by atoms with Crippen LogP contribution in [0.4, 0.5) is 8.78 Å². The fourth-order valence-corrected chi connectivity index (χ4v) is 5.48. The van der Waals surface area contributed by atoms with Crippen molar-refractivity contribution >= 4 is 31.0 Å². The van der Waals surface area contributed by atoms with Crippen LogP contribution in [0, 0.1) is 5.82 Å². The Balaban J connectivity index is 2.35. The van der Waals surface area contributed by atoms with Gasteiger partial charge in [0.2, 0.25) is 14.2 Å². The van der Waals surface area contributed by atoms with E-state index in [0.29, 0.717) is 16.9 Å². The number of hydrogen-bond donors (Lipinski definition) is 0. The minimum absolute atomic E-state index is 0.0128. The number of benzene rings is 2. The molecule has 0 fully saturated rings. The summed E-state index contributed by atoms with van der Waals surface area (Å²) in [6.45, 7) is 0. The van der Waals surface area contributed by atoms with Crippen LogP contribution in [-0.4, -0.2) is 34.1 Å². The molecule has 0 amide bonds. The lowest BCUT2D eigenvalue weighted by atomic mass is 10.1. The highest BCUT2D eigenvalue weighted by Crippen LogP contribution is 2.41. The van der Waals surface area contributed by atoms with E-state index in [1.807, 2.05) is 0 Å². The smallest absolute Gasteiger partial charge is 0.233 e. The second-order valence-electron chi connectivity index (χ2n) is 5.66. The largest absolute Gasteiger partial charge is 0.234 e. The van der Waals surface area contributed by atoms with Gasteiger partial charge in [-0.3, -0.25) is 0 Å². The van der Waals surface area contributed by atoms with Crippen LogP contribution in [0.2, 0.25) is 0 Å². The van der Waals surface area contributed by atoms with Crippen molar-refractivity contribution in [3.05, 3.63) is 54.3 Å². The third kappa shape index (κ3) is 3.92. The maximum Gasteiger partial charge on any atom is 0.234 e. The van der Waals surface area contributed by atoms with Crippen molar-refractivity contribution in [2.75, 3.05) is 12.3 Å². The topological polar surface area (TPSA) is 81.2 Å². The second kappa shape index (κ2) is 7.10. The Bertz CT molecular complexity index is 1200. The van der Waals surface area contributed by atoms with E-state index in [9.17, 15) is 25.6 Å². The molecule has 3 aromatic rings. The highest BCUT2D eigenvalue weighted by Gasteiger charge is 2.26. The Labute approximate surface area is 159 Å². The van der Waals surface area contributed by atoms with Crippen LogP contribution < -0.4 is 0 Å². The summed E-state index contributed by atoms with van der Waals surface area (Å²) in [6.07, 6.45) is 1.03. The highest BCUT2D eigenvalue weighted by molar-refractivity contribution is 7.93. The van der Waals surface area contributed by atoms with Crippen molar-refractivity contribution in [3.8, 4) is 21.7 Å². The number of alkyl halides is 1. The molecule has 0 aliphatic heterocycles. The van der Waals surface area contributed by atoms with Gasteiger partial charge in [-0.2, -0.15) is 0 Å². The van der Waals surface area contributed by atoms with E-state index >= 15 is 0 Å². The molecular formula is C17H13F2NO4S3. The first kappa shape index (κ1) is 19.6. The molecule has 0 saturated carbocycles. The Hall–Kier alpha value is -2.17. The number of sulfone groups is 2. The van der Waals surface area contributed by atoms with Crippen molar-refractivity contribution in [2.45, 2.75) is 9.24 Å². The fourth-order valence-electron chi connectivity index (χ4n) is 2.44. The van der Waals surface area contributed by atoms with Crippen LogP contribution in [0.3, 0.4) is 0 Å². The number of rotatable bonds is 5. The molecule has 1 aromatic heterocycles. The van der Waals surface area contributed by atoms with Crippen molar-refractivity contribution in [1.29, 1.82) is 0 Å². The zero-order valence-electron chi connectivity index (χ0n) is 13.9. The lowest BCUT2D eigenvalue weighted by Crippen LogP contribution is -2.01. The van der Waals surface area contributed by atoms with E-state index < -0.39 is 35.8 Å². The van der Waals surface area contributed by atoms with Gasteiger partial charge in [-0.1, -0.05) is 18.2 Å². The fraction of sp³-hybridized carbons (Fsp3) is 0.118. The van der Waals surface area contributed by atoms with E-state index in [2.05, 4.69) is 4.98 Å². The normalized spacial score (nSPS) is 12.3. The van der Waals surface area contributed by atoms with E-state index in [1.165, 1.54) is 42.5 Å². The summed E-state index contributed by atoms with van der Waals surface area (Å²) in [5.74, 6) is -0.497. The molecule has 5 nitrogen and oxygen atoms in total. The summed E-state index contributed by atoms with van der Waals surface area (Å²) in [4.78, 5) is 4.26. The maximum absolute atomic E-state index is 13.3. The lowest BCUT2D eigenvalue weighted by Gasteiger charge is -2.08. The van der Waals surface area contributed by atoms with Gasteiger partial charge in [0.05, 0.1) is 15.5 Å². The molecule has 0 atom stereocenters. The molecule has 2 aromatic carbocycles. The van der Waals surface area contributed by atoms with E-state index in [4.69, 9.17) is 0 Å². The summed E-state index contributed by atoms with van der Waals surface area (Å²) in [5.41, 5.74) is 0.770. The van der Waals surface area contributed by atoms with Crippen LogP contribution in [0.15, 0.2) is 57.8 Å². The van der Waals surface area contributed by atoms with Crippen LogP contribution in [0.25, 0.3) is 21.7 Å². The van der Waals surface area contributed by atoms with Crippen molar-refractivity contribution in [1.82, 2.24) is 4.98 Å². The van der Waals surface area contributed by atoms with E-state index in [-0.39, 0.29) is 21.0 Å². The van der Waals surface area contributed by atoms with Gasteiger partial charge in [-0.15, -0.1) is 11.3 Å². The average Bonchev–Trinajstić information content (AvgIpc) is 3.08. The SMILES string of the molecule is CS(=O)(=O)c1ccccc1-c1sc(S(=O)(=O)CF)nc1-c1ccc(F)cc1. The molecule has 0 bridgehead atoms. The molecule has 0 saturated heterocycles. The Morgan fingerprint density at radius 2 is 1.63 bits per heavy atom. The molecule has 0 aliphatic carbocycles. The summed E-state index contributed by atoms with van der Waals surface area (Å²) in [7, 11) is -7.88. The Kier molecular flexibility index (Phi) is 5.15. The Morgan fingerprint density at radius 3 is 2.22 bits per heavy atom. The maximum atomic E-state index is 13.3. The van der Waals surface area contributed by atoms with Gasteiger partial charge < -0.3 is 0 Å². The summed E-state index contributed by atoms with van der Waals surface area (Å²) < 4.78 is 73.9. The van der Waals surface area contributed by atoms with E-state index in [0.717, 1.165) is 6.26 Å². The summed E-state index contributed by atoms with van der Waals surface area (Å²) >= 11 is 0.676. The number of halogens is 2. The average molecular weight is 429 g/mol. The van der Waals surface area contributed by atoms with Gasteiger partial charge >= 0.3 is 0 Å². The zero-order valence-corrected chi connectivity index (χ0v) is 16.3. The summed E-state index contributed by atoms with van der Waals surface area (Å²) in [5, 5.41) is 0. The number of nitrogens with zero attached hydrogens (tertiary/aromatic N) is 1. The van der Waals surface area contributed by atoms with Crippen LogP contribution >= 0.6 is 11.3 Å². The standard InChI is InChI=1S/C17H13F2NO4S3/c1-26(21,22)14-5-3-2-4-13(14)16-15(11-6-8-12(19)9-7-11)20-17(25-16)27(23,24)10-18/h2-9H,10H2,1H3. The predicted molar refractivity (Wildman–Crippen MR) is 99.2 cm³/mol. The molecule has 142 valence electrons. The molecule has 10 heteroatoms. The molecule has 0 radical (unpaired) electrons. The minimum Gasteiger partial charge on any atom is -0.233 e. The first-order valence-corrected chi connectivity index (χ1v) is 11.8. The monoisotopic (exact) mass is 429 g/mol. The zero-order chi connectivity index (χ0) is 19.8. The van der Waals surface area contributed by atoms with Crippen molar-refractivity contribution < 1.29 is 25.6 Å². The number of thiazole rings is 1. The quantitative estimate of drug-likeness (QED) is 0.617. The number of hydrogen-bond acceptors (Lipinski definition) is 6. The molecule has 0 spiro atoms. The van der Waals surface area contributed by atoms with Crippen LogP contribution in [0.1, 0.15) is 0 Å². The molecule has 0 unspecified atom stereocenters. The van der Waals surface area contributed by atoms with Crippen LogP contribution in [-0.2, 0) is 19.7 Å². The van der Waals surface area contributed by atoms with Gasteiger partial charge in [0.25, 0.3) is 0 Å².